The Hall–Kier alpha value is -1.74. The van der Waals surface area contributed by atoms with Gasteiger partial charge in [-0.3, -0.25) is 4.99 Å². The van der Waals surface area contributed by atoms with Gasteiger partial charge in [0.2, 0.25) is 10.0 Å². The quantitative estimate of drug-likeness (QED) is 0.473. The highest BCUT2D eigenvalue weighted by molar-refractivity contribution is 7.88. The van der Waals surface area contributed by atoms with Gasteiger partial charge in [0, 0.05) is 18.6 Å². The lowest BCUT2D eigenvalue weighted by molar-refractivity contribution is 0.464. The molecule has 3 N–H and O–H groups in total. The van der Waals surface area contributed by atoms with Crippen molar-refractivity contribution in [1.29, 1.82) is 0 Å². The van der Waals surface area contributed by atoms with Gasteiger partial charge in [-0.15, -0.1) is 0 Å². The first-order valence-electron chi connectivity index (χ1n) is 7.97. The van der Waals surface area contributed by atoms with E-state index in [0.29, 0.717) is 25.5 Å². The second kappa shape index (κ2) is 9.10. The van der Waals surface area contributed by atoms with E-state index in [0.717, 1.165) is 18.4 Å². The number of rotatable bonds is 8. The van der Waals surface area contributed by atoms with Gasteiger partial charge < -0.3 is 10.6 Å². The van der Waals surface area contributed by atoms with Gasteiger partial charge in [0.25, 0.3) is 0 Å². The van der Waals surface area contributed by atoms with Crippen LogP contribution in [0, 0.1) is 11.6 Å². The smallest absolute Gasteiger partial charge is 0.209 e. The molecule has 142 valence electrons. The van der Waals surface area contributed by atoms with E-state index < -0.39 is 27.2 Å². The van der Waals surface area contributed by atoms with Crippen molar-refractivity contribution in [3.05, 3.63) is 35.4 Å². The molecule has 0 spiro atoms. The van der Waals surface area contributed by atoms with E-state index in [4.69, 9.17) is 0 Å². The molecule has 9 heteroatoms. The van der Waals surface area contributed by atoms with Crippen molar-refractivity contribution in [2.24, 2.45) is 4.99 Å². The van der Waals surface area contributed by atoms with Gasteiger partial charge in [0.1, 0.15) is 11.6 Å². The molecule has 0 saturated heterocycles. The molecule has 0 aliphatic rings. The standard InChI is InChI=1S/C16H26F2N4O2S/c1-5-19-15(21-11-16(2,3)22-25(4,23)24)20-9-8-12-10-13(17)6-7-14(12)18/h6-7,10,22H,5,8-9,11H2,1-4H3,(H2,19,20,21). The summed E-state index contributed by atoms with van der Waals surface area (Å²) in [6.07, 6.45) is 1.38. The molecule has 0 radical (unpaired) electrons. The largest absolute Gasteiger partial charge is 0.357 e. The van der Waals surface area contributed by atoms with E-state index in [-0.39, 0.29) is 12.1 Å². The third-order valence-corrected chi connectivity index (χ3v) is 4.06. The molecule has 0 amide bonds. The predicted octanol–water partition coefficient (Wildman–Crippen LogP) is 1.39. The van der Waals surface area contributed by atoms with Crippen molar-refractivity contribution in [1.82, 2.24) is 15.4 Å². The highest BCUT2D eigenvalue weighted by Crippen LogP contribution is 2.09. The van der Waals surface area contributed by atoms with Crippen molar-refractivity contribution in [3.8, 4) is 0 Å². The lowest BCUT2D eigenvalue weighted by Gasteiger charge is -2.23. The van der Waals surface area contributed by atoms with Crippen LogP contribution in [0.5, 0.6) is 0 Å². The summed E-state index contributed by atoms with van der Waals surface area (Å²) in [5.41, 5.74) is -0.465. The van der Waals surface area contributed by atoms with Crippen LogP contribution in [-0.4, -0.2) is 45.8 Å². The fraction of sp³-hybridized carbons (Fsp3) is 0.562. The summed E-state index contributed by atoms with van der Waals surface area (Å²) in [4.78, 5) is 4.34. The van der Waals surface area contributed by atoms with Gasteiger partial charge in [-0.05, 0) is 51.0 Å². The predicted molar refractivity (Wildman–Crippen MR) is 96.1 cm³/mol. The normalized spacial score (nSPS) is 13.0. The van der Waals surface area contributed by atoms with Crippen molar-refractivity contribution in [2.45, 2.75) is 32.7 Å². The van der Waals surface area contributed by atoms with E-state index in [1.807, 2.05) is 6.92 Å². The van der Waals surface area contributed by atoms with Crippen LogP contribution < -0.4 is 15.4 Å². The van der Waals surface area contributed by atoms with Gasteiger partial charge in [-0.2, -0.15) is 0 Å². The first kappa shape index (κ1) is 21.3. The first-order chi connectivity index (χ1) is 11.5. The second-order valence-electron chi connectivity index (χ2n) is 6.37. The molecule has 25 heavy (non-hydrogen) atoms. The Morgan fingerprint density at radius 2 is 1.92 bits per heavy atom. The molecule has 0 aliphatic heterocycles. The Kier molecular flexibility index (Phi) is 7.75. The SMILES string of the molecule is CCNC(=NCC(C)(C)NS(C)(=O)=O)NCCc1cc(F)ccc1F. The minimum atomic E-state index is -3.34. The summed E-state index contributed by atoms with van der Waals surface area (Å²) in [7, 11) is -3.34. The Balaban J connectivity index is 2.65. The van der Waals surface area contributed by atoms with Crippen LogP contribution in [-0.2, 0) is 16.4 Å². The molecule has 0 atom stereocenters. The second-order valence-corrected chi connectivity index (χ2v) is 8.11. The van der Waals surface area contributed by atoms with Crippen LogP contribution in [0.25, 0.3) is 0 Å². The molecule has 6 nitrogen and oxygen atoms in total. The third-order valence-electron chi connectivity index (χ3n) is 3.13. The van der Waals surface area contributed by atoms with E-state index in [1.54, 1.807) is 13.8 Å². The molecule has 0 aliphatic carbocycles. The van der Waals surface area contributed by atoms with E-state index in [2.05, 4.69) is 20.3 Å². The molecule has 1 aromatic carbocycles. The summed E-state index contributed by atoms with van der Waals surface area (Å²) in [5, 5.41) is 6.05. The molecule has 0 saturated carbocycles. The number of benzene rings is 1. The number of halogens is 2. The highest BCUT2D eigenvalue weighted by atomic mass is 32.2. The van der Waals surface area contributed by atoms with Crippen molar-refractivity contribution in [3.63, 3.8) is 0 Å². The zero-order chi connectivity index (χ0) is 19.1. The Labute approximate surface area is 148 Å². The molecule has 0 aromatic heterocycles. The van der Waals surface area contributed by atoms with E-state index in [1.165, 1.54) is 6.07 Å². The average molecular weight is 376 g/mol. The molecular formula is C16H26F2N4O2S. The fourth-order valence-corrected chi connectivity index (χ4v) is 3.27. The summed E-state index contributed by atoms with van der Waals surface area (Å²) in [5.74, 6) is -0.461. The lowest BCUT2D eigenvalue weighted by Crippen LogP contribution is -2.47. The minimum Gasteiger partial charge on any atom is -0.357 e. The summed E-state index contributed by atoms with van der Waals surface area (Å²) >= 11 is 0. The molecule has 0 unspecified atom stereocenters. The number of nitrogens with zero attached hydrogens (tertiary/aromatic N) is 1. The molecular weight excluding hydrogens is 350 g/mol. The first-order valence-corrected chi connectivity index (χ1v) is 9.86. The highest BCUT2D eigenvalue weighted by Gasteiger charge is 2.21. The summed E-state index contributed by atoms with van der Waals surface area (Å²) in [6, 6.07) is 3.35. The lowest BCUT2D eigenvalue weighted by atomic mass is 10.1. The number of hydrogen-bond acceptors (Lipinski definition) is 3. The number of aliphatic imine (C=N–C) groups is 1. The Morgan fingerprint density at radius 3 is 2.52 bits per heavy atom. The summed E-state index contributed by atoms with van der Waals surface area (Å²) in [6.45, 7) is 6.52. The van der Waals surface area contributed by atoms with Crippen molar-refractivity contribution >= 4 is 16.0 Å². The average Bonchev–Trinajstić information content (AvgIpc) is 2.46. The van der Waals surface area contributed by atoms with Crippen molar-refractivity contribution in [2.75, 3.05) is 25.9 Å². The zero-order valence-electron chi connectivity index (χ0n) is 15.0. The van der Waals surface area contributed by atoms with E-state index in [9.17, 15) is 17.2 Å². The van der Waals surface area contributed by atoms with Crippen LogP contribution in [0.3, 0.4) is 0 Å². The number of hydrogen-bond donors (Lipinski definition) is 3. The summed E-state index contributed by atoms with van der Waals surface area (Å²) < 4.78 is 52.0. The topological polar surface area (TPSA) is 82.6 Å². The van der Waals surface area contributed by atoms with Crippen LogP contribution in [0.1, 0.15) is 26.3 Å². The van der Waals surface area contributed by atoms with E-state index >= 15 is 0 Å². The molecule has 0 fully saturated rings. The van der Waals surface area contributed by atoms with Crippen LogP contribution in [0.4, 0.5) is 8.78 Å². The Bertz CT molecular complexity index is 706. The van der Waals surface area contributed by atoms with Crippen LogP contribution in [0.2, 0.25) is 0 Å². The van der Waals surface area contributed by atoms with Gasteiger partial charge in [-0.1, -0.05) is 0 Å². The molecule has 1 aromatic rings. The minimum absolute atomic E-state index is 0.212. The number of sulfonamides is 1. The fourth-order valence-electron chi connectivity index (χ4n) is 2.20. The van der Waals surface area contributed by atoms with Crippen LogP contribution in [0.15, 0.2) is 23.2 Å². The maximum atomic E-state index is 13.6. The van der Waals surface area contributed by atoms with Crippen LogP contribution >= 0.6 is 0 Å². The van der Waals surface area contributed by atoms with Gasteiger partial charge in [0.05, 0.1) is 12.8 Å². The van der Waals surface area contributed by atoms with Gasteiger partial charge in [-0.25, -0.2) is 21.9 Å². The zero-order valence-corrected chi connectivity index (χ0v) is 15.8. The van der Waals surface area contributed by atoms with Crippen molar-refractivity contribution < 1.29 is 17.2 Å². The molecule has 0 heterocycles. The maximum absolute atomic E-state index is 13.6. The molecule has 0 bridgehead atoms. The maximum Gasteiger partial charge on any atom is 0.209 e. The third kappa shape index (κ3) is 8.78. The molecule has 1 rings (SSSR count). The number of nitrogens with one attached hydrogen (secondary N) is 3. The monoisotopic (exact) mass is 376 g/mol. The number of guanidine groups is 1. The van der Waals surface area contributed by atoms with Gasteiger partial charge in [0.15, 0.2) is 5.96 Å². The van der Waals surface area contributed by atoms with Gasteiger partial charge >= 0.3 is 0 Å². The Morgan fingerprint density at radius 1 is 1.24 bits per heavy atom.